The van der Waals surface area contributed by atoms with Crippen LogP contribution in [0.1, 0.15) is 2.74 Å². The summed E-state index contributed by atoms with van der Waals surface area (Å²) in [5.74, 6) is 0.331. The van der Waals surface area contributed by atoms with E-state index < -0.39 is 0 Å². The molecule has 0 N–H and O–H groups in total. The lowest BCUT2D eigenvalue weighted by atomic mass is 10.5. The molecule has 0 unspecified atom stereocenters. The molecule has 0 aliphatic carbocycles. The number of halogens is 2. The molecule has 0 aliphatic rings. The Balaban J connectivity index is 3.40. The third-order valence-corrected chi connectivity index (χ3v) is 1.78. The van der Waals surface area contributed by atoms with E-state index >= 15 is 0 Å². The van der Waals surface area contributed by atoms with Crippen LogP contribution in [0.2, 0.25) is 0 Å². The van der Waals surface area contributed by atoms with Crippen LogP contribution in [0.4, 0.5) is 0 Å². The smallest absolute Gasteiger partial charge is 0.152 e. The average molecular weight is 269 g/mol. The van der Waals surface area contributed by atoms with Gasteiger partial charge in [0.25, 0.3) is 0 Å². The molecule has 10 heavy (non-hydrogen) atoms. The molecule has 0 saturated heterocycles. The molecule has 0 aliphatic heterocycles. The predicted molar refractivity (Wildman–Crippen MR) is 46.2 cm³/mol. The van der Waals surface area contributed by atoms with Crippen LogP contribution in [0.15, 0.2) is 21.3 Å². The van der Waals surface area contributed by atoms with E-state index in [0.29, 0.717) is 14.8 Å². The minimum atomic E-state index is 0.0210. The van der Waals surface area contributed by atoms with Crippen LogP contribution >= 0.6 is 31.9 Å². The standard InChI is InChI=1S/C6H5Br2NO/c1-10-5-2-4(7)3-9-6(5)8/h2-3H,1H3/i2D,3D. The van der Waals surface area contributed by atoms with Crippen LogP contribution in [0.5, 0.6) is 5.75 Å². The number of nitrogens with zero attached hydrogens (tertiary/aromatic N) is 1. The Hall–Kier alpha value is -0.0900. The van der Waals surface area contributed by atoms with Crippen LogP contribution < -0.4 is 4.74 Å². The third kappa shape index (κ3) is 1.70. The fourth-order valence-corrected chi connectivity index (χ4v) is 1.08. The van der Waals surface area contributed by atoms with E-state index in [-0.39, 0.29) is 12.2 Å². The van der Waals surface area contributed by atoms with Crippen LogP contribution in [-0.2, 0) is 0 Å². The van der Waals surface area contributed by atoms with Gasteiger partial charge in [-0.1, -0.05) is 0 Å². The number of ether oxygens (including phenoxy) is 1. The van der Waals surface area contributed by atoms with Gasteiger partial charge < -0.3 is 4.74 Å². The summed E-state index contributed by atoms with van der Waals surface area (Å²) in [7, 11) is 1.45. The maximum atomic E-state index is 7.52. The van der Waals surface area contributed by atoms with Gasteiger partial charge in [0, 0.05) is 10.6 Å². The molecule has 1 heterocycles. The summed E-state index contributed by atoms with van der Waals surface area (Å²) in [4.78, 5) is 3.80. The number of pyridine rings is 1. The highest BCUT2D eigenvalue weighted by atomic mass is 79.9. The molecule has 0 atom stereocenters. The summed E-state index contributed by atoms with van der Waals surface area (Å²) in [5.41, 5.74) is 0. The van der Waals surface area contributed by atoms with E-state index in [9.17, 15) is 0 Å². The van der Waals surface area contributed by atoms with E-state index in [1.54, 1.807) is 0 Å². The van der Waals surface area contributed by atoms with E-state index in [0.717, 1.165) is 0 Å². The highest BCUT2D eigenvalue weighted by molar-refractivity contribution is 9.11. The van der Waals surface area contributed by atoms with Gasteiger partial charge in [0.15, 0.2) is 5.75 Å². The van der Waals surface area contributed by atoms with Gasteiger partial charge in [-0.25, -0.2) is 4.98 Å². The van der Waals surface area contributed by atoms with E-state index in [4.69, 9.17) is 7.48 Å². The van der Waals surface area contributed by atoms with Gasteiger partial charge in [0.1, 0.15) is 4.60 Å². The molecule has 0 saturated carbocycles. The molecule has 0 radical (unpaired) electrons. The molecule has 1 rings (SSSR count). The molecular weight excluding hydrogens is 262 g/mol. The van der Waals surface area contributed by atoms with Crippen molar-refractivity contribution in [3.05, 3.63) is 21.3 Å². The first-order chi connectivity index (χ1) is 5.57. The maximum absolute atomic E-state index is 7.52. The molecule has 54 valence electrons. The number of hydrogen-bond acceptors (Lipinski definition) is 2. The molecule has 1 aromatic heterocycles. The fraction of sp³-hybridized carbons (Fsp3) is 0.167. The third-order valence-electron chi connectivity index (χ3n) is 0.867. The van der Waals surface area contributed by atoms with Gasteiger partial charge >= 0.3 is 0 Å². The van der Waals surface area contributed by atoms with Crippen molar-refractivity contribution in [2.24, 2.45) is 0 Å². The van der Waals surface area contributed by atoms with Crippen molar-refractivity contribution in [1.82, 2.24) is 4.98 Å². The largest absolute Gasteiger partial charge is 0.494 e. The number of hydrogen-bond donors (Lipinski definition) is 0. The molecule has 0 spiro atoms. The Labute approximate surface area is 78.7 Å². The lowest BCUT2D eigenvalue weighted by Crippen LogP contribution is -1.85. The SMILES string of the molecule is [2H]c1nc(Br)c(OC)c([2H])c1Br. The zero-order chi connectivity index (χ0) is 9.30. The second-order valence-electron chi connectivity index (χ2n) is 1.49. The Morgan fingerprint density at radius 1 is 1.70 bits per heavy atom. The van der Waals surface area contributed by atoms with Crippen molar-refractivity contribution in [2.45, 2.75) is 0 Å². The fourth-order valence-electron chi connectivity index (χ4n) is 0.463. The molecular formula is C6H5Br2NO. The summed E-state index contributed by atoms with van der Waals surface area (Å²) in [6, 6.07) is 0.129. The monoisotopic (exact) mass is 267 g/mol. The summed E-state index contributed by atoms with van der Waals surface area (Å²) in [5, 5.41) is 0. The van der Waals surface area contributed by atoms with Gasteiger partial charge in [-0.15, -0.1) is 0 Å². The van der Waals surface area contributed by atoms with Crippen molar-refractivity contribution in [2.75, 3.05) is 7.11 Å². The highest BCUT2D eigenvalue weighted by Crippen LogP contribution is 2.24. The van der Waals surface area contributed by atoms with Crippen LogP contribution in [0, 0.1) is 0 Å². The van der Waals surface area contributed by atoms with Gasteiger partial charge in [-0.05, 0) is 37.9 Å². The highest BCUT2D eigenvalue weighted by Gasteiger charge is 1.99. The first-order valence-electron chi connectivity index (χ1n) is 3.44. The molecule has 4 heteroatoms. The van der Waals surface area contributed by atoms with Crippen molar-refractivity contribution in [1.29, 1.82) is 0 Å². The summed E-state index contributed by atoms with van der Waals surface area (Å²) < 4.78 is 20.4. The number of methoxy groups -OCH3 is 1. The lowest BCUT2D eigenvalue weighted by Gasteiger charge is -2.00. The topological polar surface area (TPSA) is 22.1 Å². The van der Waals surface area contributed by atoms with Crippen molar-refractivity contribution < 1.29 is 7.48 Å². The Morgan fingerprint density at radius 3 is 3.00 bits per heavy atom. The minimum Gasteiger partial charge on any atom is -0.494 e. The van der Waals surface area contributed by atoms with Crippen LogP contribution in [0.3, 0.4) is 0 Å². The molecule has 0 fully saturated rings. The van der Waals surface area contributed by atoms with Gasteiger partial charge in [-0.2, -0.15) is 0 Å². The van der Waals surface area contributed by atoms with Crippen molar-refractivity contribution in [3.8, 4) is 5.75 Å². The second kappa shape index (κ2) is 3.34. The van der Waals surface area contributed by atoms with Gasteiger partial charge in [0.2, 0.25) is 0 Å². The van der Waals surface area contributed by atoms with Gasteiger partial charge in [0.05, 0.1) is 9.85 Å². The van der Waals surface area contributed by atoms with E-state index in [2.05, 4.69) is 36.8 Å². The molecule has 1 aromatic rings. The molecule has 0 amide bonds. The normalized spacial score (nSPS) is 12.3. The maximum Gasteiger partial charge on any atom is 0.152 e. The average Bonchev–Trinajstić information content (AvgIpc) is 2.01. The Morgan fingerprint density at radius 2 is 2.40 bits per heavy atom. The number of rotatable bonds is 1. The lowest BCUT2D eigenvalue weighted by molar-refractivity contribution is 0.409. The molecule has 0 bridgehead atoms. The first kappa shape index (κ1) is 5.55. The predicted octanol–water partition coefficient (Wildman–Crippen LogP) is 2.62. The zero-order valence-electron chi connectivity index (χ0n) is 7.11. The zero-order valence-corrected chi connectivity index (χ0v) is 8.28. The first-order valence-corrected chi connectivity index (χ1v) is 4.02. The minimum absolute atomic E-state index is 0.0210. The Kier molecular flexibility index (Phi) is 1.86. The summed E-state index contributed by atoms with van der Waals surface area (Å²) in [6.45, 7) is 0. The Bertz CT molecular complexity index is 319. The second-order valence-corrected chi connectivity index (χ2v) is 3.03. The number of aromatic nitrogens is 1. The summed E-state index contributed by atoms with van der Waals surface area (Å²) in [6.07, 6.45) is 0.0210. The summed E-state index contributed by atoms with van der Waals surface area (Å²) >= 11 is 6.16. The van der Waals surface area contributed by atoms with Crippen LogP contribution in [-0.4, -0.2) is 12.1 Å². The van der Waals surface area contributed by atoms with E-state index in [1.165, 1.54) is 7.11 Å². The molecule has 2 nitrogen and oxygen atoms in total. The van der Waals surface area contributed by atoms with Crippen molar-refractivity contribution >= 4 is 31.9 Å². The van der Waals surface area contributed by atoms with Gasteiger partial charge in [-0.3, -0.25) is 0 Å². The van der Waals surface area contributed by atoms with Crippen LogP contribution in [0.25, 0.3) is 0 Å². The van der Waals surface area contributed by atoms with E-state index in [1.807, 2.05) is 0 Å². The quantitative estimate of drug-likeness (QED) is 0.731. The van der Waals surface area contributed by atoms with Crippen molar-refractivity contribution in [3.63, 3.8) is 0 Å². The molecule has 0 aromatic carbocycles.